The Labute approximate surface area is 108 Å². The number of alkyl halides is 1. The van der Waals surface area contributed by atoms with Crippen LogP contribution in [-0.4, -0.2) is 10.3 Å². The van der Waals surface area contributed by atoms with E-state index < -0.39 is 0 Å². The van der Waals surface area contributed by atoms with E-state index in [1.807, 2.05) is 0 Å². The molecule has 2 rings (SSSR count). The Bertz CT molecular complexity index is 542. The normalized spacial score (nSPS) is 10.5. The quantitative estimate of drug-likeness (QED) is 0.775. The van der Waals surface area contributed by atoms with Crippen LogP contribution in [0.1, 0.15) is 11.1 Å². The monoisotopic (exact) mass is 344 g/mol. The summed E-state index contributed by atoms with van der Waals surface area (Å²) in [6.45, 7) is 0. The fourth-order valence-corrected chi connectivity index (χ4v) is 3.54. The Kier molecular flexibility index (Phi) is 3.39. The molecule has 0 atom stereocenters. The van der Waals surface area contributed by atoms with E-state index in [2.05, 4.69) is 48.3 Å². The van der Waals surface area contributed by atoms with Gasteiger partial charge in [0.05, 0.1) is 5.56 Å². The number of pyridine rings is 1. The largest absolute Gasteiger partial charge is 0.244 e. The molecule has 0 spiro atoms. The van der Waals surface area contributed by atoms with Gasteiger partial charge in [-0.3, -0.25) is 0 Å². The molecule has 0 N–H and O–H groups in total. The van der Waals surface area contributed by atoms with Crippen LogP contribution in [0.15, 0.2) is 16.0 Å². The van der Waals surface area contributed by atoms with E-state index in [1.54, 1.807) is 17.5 Å². The zero-order valence-electron chi connectivity index (χ0n) is 7.63. The highest BCUT2D eigenvalue weighted by Crippen LogP contribution is 2.33. The fraction of sp³-hybridized carbons (Fsp3) is 0.200. The minimum absolute atomic E-state index is 0.594. The Morgan fingerprint density at radius 3 is 3.00 bits per heavy atom. The number of hydrogen-bond donors (Lipinski definition) is 0. The van der Waals surface area contributed by atoms with Gasteiger partial charge in [-0.15, -0.1) is 11.3 Å². The minimum atomic E-state index is 0.594. The first-order valence-corrected chi connectivity index (χ1v) is 7.08. The lowest BCUT2D eigenvalue weighted by atomic mass is 10.1. The lowest BCUT2D eigenvalue weighted by Crippen LogP contribution is -1.87. The molecule has 0 saturated heterocycles. The molecule has 0 saturated carbocycles. The Morgan fingerprint density at radius 1 is 1.53 bits per heavy atom. The molecular formula is C10H6Br2N2S. The second kappa shape index (κ2) is 4.60. The van der Waals surface area contributed by atoms with Crippen molar-refractivity contribution in [3.05, 3.63) is 27.2 Å². The Morgan fingerprint density at radius 2 is 2.33 bits per heavy atom. The van der Waals surface area contributed by atoms with Gasteiger partial charge in [-0.2, -0.15) is 5.26 Å². The predicted octanol–water partition coefficient (Wildman–Crippen LogP) is 3.87. The SMILES string of the molecule is N#Cc1cnc2scc(CCBr)c2c1Br. The second-order valence-electron chi connectivity index (χ2n) is 2.98. The maximum atomic E-state index is 8.91. The van der Waals surface area contributed by atoms with Crippen LogP contribution >= 0.6 is 43.2 Å². The highest BCUT2D eigenvalue weighted by atomic mass is 79.9. The molecule has 0 aliphatic heterocycles. The third-order valence-corrected chi connectivity index (χ3v) is 4.25. The van der Waals surface area contributed by atoms with Crippen molar-refractivity contribution in [2.24, 2.45) is 0 Å². The fourth-order valence-electron chi connectivity index (χ4n) is 1.39. The third-order valence-electron chi connectivity index (χ3n) is 2.10. The van der Waals surface area contributed by atoms with E-state index in [-0.39, 0.29) is 0 Å². The molecule has 2 nitrogen and oxygen atoms in total. The molecule has 2 heterocycles. The van der Waals surface area contributed by atoms with Gasteiger partial charge in [-0.25, -0.2) is 4.98 Å². The number of aromatic nitrogens is 1. The van der Waals surface area contributed by atoms with Gasteiger partial charge in [0.15, 0.2) is 0 Å². The number of fused-ring (bicyclic) bond motifs is 1. The summed E-state index contributed by atoms with van der Waals surface area (Å²) >= 11 is 8.51. The van der Waals surface area contributed by atoms with Crippen LogP contribution in [0.2, 0.25) is 0 Å². The maximum absolute atomic E-state index is 8.91. The highest BCUT2D eigenvalue weighted by molar-refractivity contribution is 9.10. The van der Waals surface area contributed by atoms with Crippen molar-refractivity contribution >= 4 is 53.4 Å². The van der Waals surface area contributed by atoms with Gasteiger partial charge >= 0.3 is 0 Å². The highest BCUT2D eigenvalue weighted by Gasteiger charge is 2.11. The first kappa shape index (κ1) is 11.1. The molecule has 0 fully saturated rings. The molecule has 0 aliphatic rings. The van der Waals surface area contributed by atoms with E-state index in [9.17, 15) is 0 Å². The zero-order chi connectivity index (χ0) is 10.8. The summed E-state index contributed by atoms with van der Waals surface area (Å²) in [4.78, 5) is 5.25. The lowest BCUT2D eigenvalue weighted by Gasteiger charge is -2.00. The summed E-state index contributed by atoms with van der Waals surface area (Å²) < 4.78 is 0.868. The molecule has 76 valence electrons. The van der Waals surface area contributed by atoms with Gasteiger partial charge in [0.1, 0.15) is 10.9 Å². The molecule has 5 heteroatoms. The average molecular weight is 346 g/mol. The average Bonchev–Trinajstić information content (AvgIpc) is 2.64. The maximum Gasteiger partial charge on any atom is 0.124 e. The van der Waals surface area contributed by atoms with Gasteiger partial charge in [0, 0.05) is 21.4 Å². The van der Waals surface area contributed by atoms with Gasteiger partial charge in [0.2, 0.25) is 0 Å². The van der Waals surface area contributed by atoms with E-state index >= 15 is 0 Å². The van der Waals surface area contributed by atoms with E-state index in [0.717, 1.165) is 26.4 Å². The van der Waals surface area contributed by atoms with Crippen molar-refractivity contribution in [2.75, 3.05) is 5.33 Å². The summed E-state index contributed by atoms with van der Waals surface area (Å²) in [5.74, 6) is 0. The first-order chi connectivity index (χ1) is 7.27. The summed E-state index contributed by atoms with van der Waals surface area (Å²) in [7, 11) is 0. The smallest absolute Gasteiger partial charge is 0.124 e. The molecule has 0 aromatic carbocycles. The number of nitrogens with zero attached hydrogens (tertiary/aromatic N) is 2. The van der Waals surface area contributed by atoms with Crippen molar-refractivity contribution in [2.45, 2.75) is 6.42 Å². The topological polar surface area (TPSA) is 36.7 Å². The van der Waals surface area contributed by atoms with Gasteiger partial charge in [-0.1, -0.05) is 15.9 Å². The molecule has 0 bridgehead atoms. The molecular weight excluding hydrogens is 340 g/mol. The van der Waals surface area contributed by atoms with E-state index in [4.69, 9.17) is 5.26 Å². The molecule has 2 aromatic rings. The third kappa shape index (κ3) is 1.94. The van der Waals surface area contributed by atoms with Crippen LogP contribution < -0.4 is 0 Å². The molecule has 0 aliphatic carbocycles. The number of hydrogen-bond acceptors (Lipinski definition) is 3. The van der Waals surface area contributed by atoms with Crippen LogP contribution in [0.5, 0.6) is 0 Å². The lowest BCUT2D eigenvalue weighted by molar-refractivity contribution is 1.20. The van der Waals surface area contributed by atoms with Crippen molar-refractivity contribution in [1.82, 2.24) is 4.98 Å². The molecule has 0 amide bonds. The van der Waals surface area contributed by atoms with Crippen LogP contribution in [0.25, 0.3) is 10.2 Å². The minimum Gasteiger partial charge on any atom is -0.244 e. The van der Waals surface area contributed by atoms with Crippen LogP contribution in [0.3, 0.4) is 0 Å². The molecule has 0 radical (unpaired) electrons. The van der Waals surface area contributed by atoms with Crippen molar-refractivity contribution in [1.29, 1.82) is 5.26 Å². The van der Waals surface area contributed by atoms with E-state index in [1.165, 1.54) is 5.56 Å². The standard InChI is InChI=1S/C10H6Br2N2S/c11-2-1-6-5-15-10-8(6)9(12)7(3-13)4-14-10/h4-5H,1-2H2. The zero-order valence-corrected chi connectivity index (χ0v) is 11.6. The number of halogens is 2. The van der Waals surface area contributed by atoms with Crippen molar-refractivity contribution in [3.8, 4) is 6.07 Å². The van der Waals surface area contributed by atoms with Gasteiger partial charge in [-0.05, 0) is 33.3 Å². The number of rotatable bonds is 2. The number of aryl methyl sites for hydroxylation is 1. The Balaban J connectivity index is 2.72. The number of thiophene rings is 1. The first-order valence-electron chi connectivity index (χ1n) is 4.28. The Hall–Kier alpha value is -0.440. The molecule has 2 aromatic heterocycles. The summed E-state index contributed by atoms with van der Waals surface area (Å²) in [6.07, 6.45) is 2.57. The summed E-state index contributed by atoms with van der Waals surface area (Å²) in [5, 5.41) is 13.0. The number of nitriles is 1. The van der Waals surface area contributed by atoms with Crippen LogP contribution in [-0.2, 0) is 6.42 Å². The summed E-state index contributed by atoms with van der Waals surface area (Å²) in [6, 6.07) is 2.13. The van der Waals surface area contributed by atoms with Crippen molar-refractivity contribution in [3.63, 3.8) is 0 Å². The van der Waals surface area contributed by atoms with Gasteiger partial charge in [0.25, 0.3) is 0 Å². The molecule has 15 heavy (non-hydrogen) atoms. The summed E-state index contributed by atoms with van der Waals surface area (Å²) in [5.41, 5.74) is 1.83. The van der Waals surface area contributed by atoms with Crippen LogP contribution in [0.4, 0.5) is 0 Å². The van der Waals surface area contributed by atoms with Gasteiger partial charge < -0.3 is 0 Å². The second-order valence-corrected chi connectivity index (χ2v) is 5.42. The van der Waals surface area contributed by atoms with Crippen molar-refractivity contribution < 1.29 is 0 Å². The predicted molar refractivity (Wildman–Crippen MR) is 69.5 cm³/mol. The molecule has 0 unspecified atom stereocenters. The van der Waals surface area contributed by atoms with E-state index in [0.29, 0.717) is 5.56 Å². The van der Waals surface area contributed by atoms with Crippen LogP contribution in [0, 0.1) is 11.3 Å².